The lowest BCUT2D eigenvalue weighted by Gasteiger charge is -2.47. The molecule has 1 saturated heterocycles. The number of anilines is 1. The average molecular weight is 435 g/mol. The van der Waals surface area contributed by atoms with Crippen LogP contribution in [0.5, 0.6) is 0 Å². The summed E-state index contributed by atoms with van der Waals surface area (Å²) in [5.74, 6) is 2.67. The van der Waals surface area contributed by atoms with Crippen molar-refractivity contribution in [1.82, 2.24) is 15.2 Å². The van der Waals surface area contributed by atoms with Gasteiger partial charge in [-0.1, -0.05) is 17.7 Å². The van der Waals surface area contributed by atoms with Gasteiger partial charge < -0.3 is 10.6 Å². The van der Waals surface area contributed by atoms with Crippen LogP contribution in [0.25, 0.3) is 10.8 Å². The van der Waals surface area contributed by atoms with Crippen molar-refractivity contribution in [2.45, 2.75) is 64.0 Å². The molecular weight excluding hydrogens is 400 g/mol. The fraction of sp³-hybridized carbons (Fsp3) is 0.577. The second-order valence-electron chi connectivity index (χ2n) is 10.1. The molecule has 170 valence electrons. The smallest absolute Gasteiger partial charge is 0.239 e. The lowest BCUT2D eigenvalue weighted by Crippen LogP contribution is -2.63. The molecule has 0 radical (unpaired) electrons. The number of hydrogen-bond acceptors (Lipinski definition) is 5. The third kappa shape index (κ3) is 4.65. The standard InChI is InChI=1S/C26H34N4O2/c1-17-2-3-19-10-11-27-26(24(19)12-17)28-14-25(32)29-21-15-30(16-21)22-7-4-18(5-8-22)20-6-9-23(31)13-20/h2-3,10-12,18,20-22H,4-9,13-16H2,1H3,(H,27,28)(H,29,32). The van der Waals surface area contributed by atoms with Gasteiger partial charge >= 0.3 is 0 Å². The fourth-order valence-corrected chi connectivity index (χ4v) is 5.95. The van der Waals surface area contributed by atoms with E-state index in [-0.39, 0.29) is 18.5 Å². The van der Waals surface area contributed by atoms with Crippen LogP contribution in [0.4, 0.5) is 5.82 Å². The van der Waals surface area contributed by atoms with Gasteiger partial charge in [-0.25, -0.2) is 4.98 Å². The van der Waals surface area contributed by atoms with Gasteiger partial charge in [0.1, 0.15) is 11.6 Å². The van der Waals surface area contributed by atoms with E-state index in [4.69, 9.17) is 0 Å². The Morgan fingerprint density at radius 2 is 1.91 bits per heavy atom. The molecule has 3 fully saturated rings. The number of likely N-dealkylation sites (tertiary alicyclic amines) is 1. The van der Waals surface area contributed by atoms with Crippen molar-refractivity contribution in [1.29, 1.82) is 0 Å². The number of rotatable bonds is 6. The summed E-state index contributed by atoms with van der Waals surface area (Å²) in [6.45, 7) is 4.21. The molecule has 2 N–H and O–H groups in total. The highest BCUT2D eigenvalue weighted by Crippen LogP contribution is 2.39. The number of fused-ring (bicyclic) bond motifs is 1. The SMILES string of the molecule is Cc1ccc2ccnc(NCC(=O)NC3CN(C4CCC(C5CCC(=O)C5)CC4)C3)c2c1. The van der Waals surface area contributed by atoms with Gasteiger partial charge in [0, 0.05) is 43.6 Å². The minimum Gasteiger partial charge on any atom is -0.360 e. The number of ketones is 1. The van der Waals surface area contributed by atoms with E-state index in [0.29, 0.717) is 17.7 Å². The number of carbonyl (C=O) groups is 2. The minimum atomic E-state index is 0.0238. The molecule has 1 atom stereocenters. The maximum Gasteiger partial charge on any atom is 0.239 e. The van der Waals surface area contributed by atoms with E-state index in [1.165, 1.54) is 31.2 Å². The van der Waals surface area contributed by atoms with Crippen molar-refractivity contribution < 1.29 is 9.59 Å². The summed E-state index contributed by atoms with van der Waals surface area (Å²) < 4.78 is 0. The van der Waals surface area contributed by atoms with Crippen LogP contribution in [0.15, 0.2) is 30.5 Å². The first kappa shape index (κ1) is 21.4. The molecule has 0 spiro atoms. The fourth-order valence-electron chi connectivity index (χ4n) is 5.95. The molecule has 2 aromatic rings. The molecule has 0 bridgehead atoms. The molecule has 3 aliphatic rings. The summed E-state index contributed by atoms with van der Waals surface area (Å²) in [5.41, 5.74) is 1.18. The maximum atomic E-state index is 12.5. The number of Topliss-reactive ketones (excluding diaryl/α,β-unsaturated/α-hetero) is 1. The number of aryl methyl sites for hydroxylation is 1. The zero-order valence-electron chi connectivity index (χ0n) is 19.0. The number of aromatic nitrogens is 1. The number of amides is 1. The van der Waals surface area contributed by atoms with Crippen molar-refractivity contribution in [3.05, 3.63) is 36.0 Å². The monoisotopic (exact) mass is 434 g/mol. The Bertz CT molecular complexity index is 992. The summed E-state index contributed by atoms with van der Waals surface area (Å²) in [6, 6.07) is 9.16. The highest BCUT2D eigenvalue weighted by atomic mass is 16.2. The van der Waals surface area contributed by atoms with Gasteiger partial charge in [-0.05, 0) is 68.4 Å². The Balaban J connectivity index is 1.04. The van der Waals surface area contributed by atoms with Crippen LogP contribution in [0, 0.1) is 18.8 Å². The molecule has 2 aliphatic carbocycles. The molecule has 1 amide bonds. The molecule has 2 heterocycles. The largest absolute Gasteiger partial charge is 0.360 e. The Morgan fingerprint density at radius 1 is 1.09 bits per heavy atom. The molecule has 5 rings (SSSR count). The Morgan fingerprint density at radius 3 is 2.66 bits per heavy atom. The molecule has 6 nitrogen and oxygen atoms in total. The molecule has 2 saturated carbocycles. The number of carbonyl (C=O) groups excluding carboxylic acids is 2. The van der Waals surface area contributed by atoms with Crippen LogP contribution >= 0.6 is 0 Å². The van der Waals surface area contributed by atoms with Gasteiger partial charge in [0.25, 0.3) is 0 Å². The number of nitrogens with zero attached hydrogens (tertiary/aromatic N) is 2. The first-order valence-electron chi connectivity index (χ1n) is 12.2. The van der Waals surface area contributed by atoms with Gasteiger partial charge in [-0.3, -0.25) is 14.5 Å². The van der Waals surface area contributed by atoms with Crippen LogP contribution in [0.2, 0.25) is 0 Å². The van der Waals surface area contributed by atoms with Gasteiger partial charge in [-0.15, -0.1) is 0 Å². The predicted molar refractivity (Wildman–Crippen MR) is 127 cm³/mol. The number of benzene rings is 1. The van der Waals surface area contributed by atoms with Crippen LogP contribution in [0.3, 0.4) is 0 Å². The first-order valence-corrected chi connectivity index (χ1v) is 12.2. The molecule has 32 heavy (non-hydrogen) atoms. The maximum absolute atomic E-state index is 12.5. The van der Waals surface area contributed by atoms with Crippen molar-refractivity contribution in [2.24, 2.45) is 11.8 Å². The third-order valence-electron chi connectivity index (χ3n) is 7.82. The summed E-state index contributed by atoms with van der Waals surface area (Å²) in [4.78, 5) is 31.0. The van der Waals surface area contributed by atoms with Crippen molar-refractivity contribution in [3.63, 3.8) is 0 Å². The summed E-state index contributed by atoms with van der Waals surface area (Å²) >= 11 is 0. The highest BCUT2D eigenvalue weighted by molar-refractivity contribution is 5.93. The second-order valence-corrected chi connectivity index (χ2v) is 10.1. The van der Waals surface area contributed by atoms with E-state index in [0.717, 1.165) is 54.9 Å². The molecule has 6 heteroatoms. The van der Waals surface area contributed by atoms with Gasteiger partial charge in [0.15, 0.2) is 0 Å². The predicted octanol–water partition coefficient (Wildman–Crippen LogP) is 3.68. The van der Waals surface area contributed by atoms with Gasteiger partial charge in [0.05, 0.1) is 12.6 Å². The zero-order chi connectivity index (χ0) is 22.1. The zero-order valence-corrected chi connectivity index (χ0v) is 19.0. The van der Waals surface area contributed by atoms with E-state index < -0.39 is 0 Å². The van der Waals surface area contributed by atoms with Gasteiger partial charge in [0.2, 0.25) is 5.91 Å². The van der Waals surface area contributed by atoms with Crippen LogP contribution in [-0.4, -0.2) is 53.3 Å². The van der Waals surface area contributed by atoms with Gasteiger partial charge in [-0.2, -0.15) is 0 Å². The van der Waals surface area contributed by atoms with Crippen LogP contribution in [-0.2, 0) is 9.59 Å². The highest BCUT2D eigenvalue weighted by Gasteiger charge is 2.37. The molecule has 1 aromatic carbocycles. The van der Waals surface area contributed by atoms with Crippen molar-refractivity contribution in [2.75, 3.05) is 25.0 Å². The Hall–Kier alpha value is -2.47. The summed E-state index contributed by atoms with van der Waals surface area (Å²) in [6.07, 6.45) is 9.54. The number of hydrogen-bond donors (Lipinski definition) is 2. The van der Waals surface area contributed by atoms with E-state index in [2.05, 4.69) is 45.6 Å². The van der Waals surface area contributed by atoms with Crippen LogP contribution in [0.1, 0.15) is 50.5 Å². The first-order chi connectivity index (χ1) is 15.5. The molecule has 1 aliphatic heterocycles. The summed E-state index contributed by atoms with van der Waals surface area (Å²) in [5, 5.41) is 8.55. The lowest BCUT2D eigenvalue weighted by atomic mass is 9.76. The lowest BCUT2D eigenvalue weighted by molar-refractivity contribution is -0.121. The Labute approximate surface area is 190 Å². The molecule has 1 aromatic heterocycles. The molecular formula is C26H34N4O2. The van der Waals surface area contributed by atoms with E-state index in [1.807, 2.05) is 6.07 Å². The minimum absolute atomic E-state index is 0.0238. The topological polar surface area (TPSA) is 74.3 Å². The summed E-state index contributed by atoms with van der Waals surface area (Å²) in [7, 11) is 0. The Kier molecular flexibility index (Phi) is 6.13. The second kappa shape index (κ2) is 9.18. The van der Waals surface area contributed by atoms with Crippen molar-refractivity contribution >= 4 is 28.3 Å². The van der Waals surface area contributed by atoms with Crippen LogP contribution < -0.4 is 10.6 Å². The average Bonchev–Trinajstić information content (AvgIpc) is 3.21. The third-order valence-corrected chi connectivity index (χ3v) is 7.82. The number of nitrogens with one attached hydrogen (secondary N) is 2. The number of pyridine rings is 1. The van der Waals surface area contributed by atoms with E-state index in [1.54, 1.807) is 6.20 Å². The normalized spacial score (nSPS) is 26.8. The van der Waals surface area contributed by atoms with Crippen molar-refractivity contribution in [3.8, 4) is 0 Å². The molecule has 1 unspecified atom stereocenters. The quantitative estimate of drug-likeness (QED) is 0.725. The van der Waals surface area contributed by atoms with E-state index >= 15 is 0 Å². The van der Waals surface area contributed by atoms with E-state index in [9.17, 15) is 9.59 Å².